The van der Waals surface area contributed by atoms with E-state index < -0.39 is 5.97 Å². The number of nitrogens with one attached hydrogen (secondary N) is 1. The van der Waals surface area contributed by atoms with Gasteiger partial charge in [0.15, 0.2) is 5.65 Å². The number of esters is 1. The maximum atomic E-state index is 12.6. The molecule has 32 heavy (non-hydrogen) atoms. The number of nitrogen functional groups attached to an aromatic ring is 1. The number of fused-ring (bicyclic) bond motifs is 2. The number of carbonyl (C=O) groups excluding carboxylic acids is 2. The summed E-state index contributed by atoms with van der Waals surface area (Å²) in [5, 5.41) is 2.86. The minimum Gasteiger partial charge on any atom is -0.497 e. The molecule has 3 N–H and O–H groups in total. The minimum absolute atomic E-state index is 0.182. The van der Waals surface area contributed by atoms with E-state index in [4.69, 9.17) is 15.2 Å². The molecule has 0 atom stereocenters. The van der Waals surface area contributed by atoms with Crippen molar-refractivity contribution in [2.75, 3.05) is 26.0 Å². The van der Waals surface area contributed by atoms with Gasteiger partial charge in [0.05, 0.1) is 24.8 Å². The Bertz CT molecular complexity index is 1300. The van der Waals surface area contributed by atoms with E-state index in [0.29, 0.717) is 40.1 Å². The summed E-state index contributed by atoms with van der Waals surface area (Å²) in [7, 11) is 1.57. The molecule has 9 heteroatoms. The van der Waals surface area contributed by atoms with Crippen LogP contribution in [-0.2, 0) is 11.3 Å². The second-order valence-corrected chi connectivity index (χ2v) is 7.00. The molecule has 2 aromatic heterocycles. The maximum Gasteiger partial charge on any atom is 0.344 e. The van der Waals surface area contributed by atoms with Crippen molar-refractivity contribution < 1.29 is 19.1 Å². The lowest BCUT2D eigenvalue weighted by Gasteiger charge is -2.10. The first-order valence-electron chi connectivity index (χ1n) is 10.2. The zero-order chi connectivity index (χ0) is 22.7. The highest BCUT2D eigenvalue weighted by Crippen LogP contribution is 2.28. The van der Waals surface area contributed by atoms with Gasteiger partial charge in [-0.3, -0.25) is 4.79 Å². The highest BCUT2D eigenvalue weighted by Gasteiger charge is 2.24. The van der Waals surface area contributed by atoms with Crippen LogP contribution in [0.25, 0.3) is 22.2 Å². The molecule has 1 amide bonds. The molecule has 2 heterocycles. The average molecular weight is 433 g/mol. The van der Waals surface area contributed by atoms with Crippen LogP contribution in [0.3, 0.4) is 0 Å². The van der Waals surface area contributed by atoms with Gasteiger partial charge >= 0.3 is 5.97 Å². The highest BCUT2D eigenvalue weighted by molar-refractivity contribution is 6.08. The topological polar surface area (TPSA) is 121 Å². The van der Waals surface area contributed by atoms with Gasteiger partial charge in [-0.25, -0.2) is 14.8 Å². The molecule has 0 fully saturated rings. The Morgan fingerprint density at radius 3 is 2.41 bits per heavy atom. The number of anilines is 1. The van der Waals surface area contributed by atoms with Crippen molar-refractivity contribution >= 4 is 39.9 Å². The number of aromatic nitrogens is 3. The Hall–Kier alpha value is -4.14. The van der Waals surface area contributed by atoms with Crippen molar-refractivity contribution in [1.29, 1.82) is 0 Å². The van der Waals surface area contributed by atoms with E-state index in [1.807, 2.05) is 24.3 Å². The van der Waals surface area contributed by atoms with Crippen LogP contribution in [0.4, 0.5) is 5.82 Å². The first-order valence-corrected chi connectivity index (χ1v) is 10.2. The Labute approximate surface area is 184 Å². The van der Waals surface area contributed by atoms with Crippen molar-refractivity contribution in [2.45, 2.75) is 13.5 Å². The first-order chi connectivity index (χ1) is 15.5. The van der Waals surface area contributed by atoms with Crippen molar-refractivity contribution in [2.24, 2.45) is 0 Å². The summed E-state index contributed by atoms with van der Waals surface area (Å²) in [6.45, 7) is 2.51. The molecule has 0 spiro atoms. The SMILES string of the molecule is CCOC(=O)c1c(N)n(CCNC(=O)c2ccc(OC)cc2)c2nc3ccccc3nc12. The molecule has 0 aliphatic heterocycles. The van der Waals surface area contributed by atoms with Crippen LogP contribution in [0.1, 0.15) is 27.6 Å². The third kappa shape index (κ3) is 3.92. The zero-order valence-electron chi connectivity index (χ0n) is 17.8. The lowest BCUT2D eigenvalue weighted by atomic mass is 10.2. The summed E-state index contributed by atoms with van der Waals surface area (Å²) in [6, 6.07) is 14.2. The molecule has 164 valence electrons. The third-order valence-corrected chi connectivity index (χ3v) is 5.04. The summed E-state index contributed by atoms with van der Waals surface area (Å²) in [4.78, 5) is 34.3. The van der Waals surface area contributed by atoms with Gasteiger partial charge in [-0.05, 0) is 43.3 Å². The molecule has 0 aliphatic rings. The van der Waals surface area contributed by atoms with Gasteiger partial charge in [0.25, 0.3) is 5.91 Å². The van der Waals surface area contributed by atoms with Gasteiger partial charge in [-0.1, -0.05) is 12.1 Å². The molecule has 0 aliphatic carbocycles. The van der Waals surface area contributed by atoms with Gasteiger partial charge in [-0.2, -0.15) is 0 Å². The minimum atomic E-state index is -0.555. The zero-order valence-corrected chi connectivity index (χ0v) is 17.8. The predicted octanol–water partition coefficient (Wildman–Crippen LogP) is 2.78. The van der Waals surface area contributed by atoms with E-state index in [1.165, 1.54) is 0 Å². The standard InChI is InChI=1S/C23H23N5O4/c1-3-32-23(30)18-19-21(27-17-7-5-4-6-16(17)26-19)28(20(18)24)13-12-25-22(29)14-8-10-15(31-2)11-9-14/h4-11H,3,12-13,24H2,1-2H3,(H,25,29). The normalized spacial score (nSPS) is 10.9. The van der Waals surface area contributed by atoms with E-state index in [0.717, 1.165) is 0 Å². The van der Waals surface area contributed by atoms with Crippen LogP contribution in [0.15, 0.2) is 48.5 Å². The van der Waals surface area contributed by atoms with Gasteiger partial charge in [0.2, 0.25) is 0 Å². The number of nitrogens with zero attached hydrogens (tertiary/aromatic N) is 3. The van der Waals surface area contributed by atoms with E-state index >= 15 is 0 Å². The molecular weight excluding hydrogens is 410 g/mol. The second-order valence-electron chi connectivity index (χ2n) is 7.00. The molecular formula is C23H23N5O4. The van der Waals surface area contributed by atoms with E-state index in [1.54, 1.807) is 42.9 Å². The van der Waals surface area contributed by atoms with Gasteiger partial charge in [0, 0.05) is 18.7 Å². The van der Waals surface area contributed by atoms with Gasteiger partial charge < -0.3 is 25.1 Å². The number of amides is 1. The van der Waals surface area contributed by atoms with Crippen LogP contribution >= 0.6 is 0 Å². The Morgan fingerprint density at radius 1 is 1.06 bits per heavy atom. The van der Waals surface area contributed by atoms with E-state index in [-0.39, 0.29) is 30.4 Å². The van der Waals surface area contributed by atoms with Crippen LogP contribution < -0.4 is 15.8 Å². The fourth-order valence-electron chi connectivity index (χ4n) is 3.47. The number of hydrogen-bond donors (Lipinski definition) is 2. The summed E-state index contributed by atoms with van der Waals surface area (Å²) in [6.07, 6.45) is 0. The van der Waals surface area contributed by atoms with Crippen molar-refractivity contribution in [1.82, 2.24) is 19.9 Å². The van der Waals surface area contributed by atoms with E-state index in [9.17, 15) is 9.59 Å². The molecule has 4 rings (SSSR count). The molecule has 9 nitrogen and oxygen atoms in total. The van der Waals surface area contributed by atoms with Crippen LogP contribution in [0.5, 0.6) is 5.75 Å². The molecule has 0 bridgehead atoms. The van der Waals surface area contributed by atoms with Gasteiger partial charge in [0.1, 0.15) is 22.6 Å². The smallest absolute Gasteiger partial charge is 0.344 e. The number of methoxy groups -OCH3 is 1. The highest BCUT2D eigenvalue weighted by atomic mass is 16.5. The van der Waals surface area contributed by atoms with Crippen molar-refractivity contribution in [3.8, 4) is 5.75 Å². The third-order valence-electron chi connectivity index (χ3n) is 5.04. The fourth-order valence-corrected chi connectivity index (χ4v) is 3.47. The van der Waals surface area contributed by atoms with Crippen molar-refractivity contribution in [3.05, 3.63) is 59.7 Å². The summed E-state index contributed by atoms with van der Waals surface area (Å²) in [5.41, 5.74) is 9.18. The maximum absolute atomic E-state index is 12.6. The Balaban J connectivity index is 1.63. The Kier molecular flexibility index (Phi) is 5.89. The quantitative estimate of drug-likeness (QED) is 0.430. The number of hydrogen-bond acceptors (Lipinski definition) is 7. The summed E-state index contributed by atoms with van der Waals surface area (Å²) >= 11 is 0. The number of para-hydroxylation sites is 2. The fraction of sp³-hybridized carbons (Fsp3) is 0.217. The number of rotatable bonds is 7. The lowest BCUT2D eigenvalue weighted by molar-refractivity contribution is 0.0529. The molecule has 0 unspecified atom stereocenters. The number of benzene rings is 2. The Morgan fingerprint density at radius 2 is 1.75 bits per heavy atom. The molecule has 0 saturated carbocycles. The largest absolute Gasteiger partial charge is 0.497 e. The van der Waals surface area contributed by atoms with Crippen molar-refractivity contribution in [3.63, 3.8) is 0 Å². The van der Waals surface area contributed by atoms with Crippen LogP contribution in [0.2, 0.25) is 0 Å². The lowest BCUT2D eigenvalue weighted by Crippen LogP contribution is -2.27. The predicted molar refractivity (Wildman–Crippen MR) is 121 cm³/mol. The summed E-state index contributed by atoms with van der Waals surface area (Å²) in [5.74, 6) is 0.0864. The molecule has 2 aromatic carbocycles. The first kappa shape index (κ1) is 21.1. The second kappa shape index (κ2) is 8.93. The number of ether oxygens (including phenoxy) is 2. The average Bonchev–Trinajstić information content (AvgIpc) is 3.08. The molecule has 0 saturated heterocycles. The molecule has 4 aromatic rings. The van der Waals surface area contributed by atoms with Gasteiger partial charge in [-0.15, -0.1) is 0 Å². The van der Waals surface area contributed by atoms with Crippen LogP contribution in [0, 0.1) is 0 Å². The molecule has 0 radical (unpaired) electrons. The number of nitrogens with two attached hydrogens (primary N) is 1. The van der Waals surface area contributed by atoms with E-state index in [2.05, 4.69) is 15.3 Å². The summed E-state index contributed by atoms with van der Waals surface area (Å²) < 4.78 is 12.0. The number of carbonyl (C=O) groups is 2. The van der Waals surface area contributed by atoms with Crippen LogP contribution in [-0.4, -0.2) is 46.7 Å². The monoisotopic (exact) mass is 433 g/mol.